The number of rotatable bonds is 10. The summed E-state index contributed by atoms with van der Waals surface area (Å²) in [6.45, 7) is 8.08. The molecular weight excluding hydrogens is 400 g/mol. The first-order chi connectivity index (χ1) is 15.4. The second kappa shape index (κ2) is 11.4. The van der Waals surface area contributed by atoms with Crippen LogP contribution in [-0.4, -0.2) is 41.2 Å². The number of pyridine rings is 1. The number of carbonyl (C=O) groups is 1. The minimum atomic E-state index is -0.199. The van der Waals surface area contributed by atoms with E-state index < -0.39 is 0 Å². The van der Waals surface area contributed by atoms with Crippen LogP contribution in [0.25, 0.3) is 0 Å². The van der Waals surface area contributed by atoms with Crippen LogP contribution in [0.1, 0.15) is 42.3 Å². The summed E-state index contributed by atoms with van der Waals surface area (Å²) in [6.07, 6.45) is 2.38. The summed E-state index contributed by atoms with van der Waals surface area (Å²) in [6, 6.07) is 23.8. The third-order valence-electron chi connectivity index (χ3n) is 4.87. The van der Waals surface area contributed by atoms with E-state index in [0.29, 0.717) is 37.7 Å². The van der Waals surface area contributed by atoms with Crippen molar-refractivity contribution in [3.63, 3.8) is 0 Å². The van der Waals surface area contributed by atoms with E-state index in [0.717, 1.165) is 12.0 Å². The predicted molar refractivity (Wildman–Crippen MR) is 127 cm³/mol. The van der Waals surface area contributed by atoms with Crippen LogP contribution in [0.5, 0.6) is 5.88 Å². The van der Waals surface area contributed by atoms with E-state index in [4.69, 9.17) is 9.47 Å². The first-order valence-corrected chi connectivity index (χ1v) is 11.0. The molecule has 0 saturated heterocycles. The second-order valence-corrected chi connectivity index (χ2v) is 8.64. The lowest BCUT2D eigenvalue weighted by Gasteiger charge is -2.23. The highest BCUT2D eigenvalue weighted by atomic mass is 16.5. The molecule has 0 saturated carbocycles. The zero-order chi connectivity index (χ0) is 22.8. The molecule has 2 aromatic carbocycles. The van der Waals surface area contributed by atoms with Gasteiger partial charge in [-0.2, -0.15) is 0 Å². The lowest BCUT2D eigenvalue weighted by atomic mass is 10.1. The molecule has 0 aliphatic rings. The maximum absolute atomic E-state index is 13.3. The van der Waals surface area contributed by atoms with Gasteiger partial charge in [0.2, 0.25) is 5.88 Å². The van der Waals surface area contributed by atoms with Gasteiger partial charge in [0.1, 0.15) is 6.61 Å². The molecule has 5 heteroatoms. The number of hydrogen-bond acceptors (Lipinski definition) is 4. The van der Waals surface area contributed by atoms with E-state index in [1.807, 2.05) is 74.2 Å². The Morgan fingerprint density at radius 2 is 1.53 bits per heavy atom. The van der Waals surface area contributed by atoms with Crippen LogP contribution in [0.2, 0.25) is 0 Å². The van der Waals surface area contributed by atoms with Gasteiger partial charge in [-0.3, -0.25) is 4.79 Å². The summed E-state index contributed by atoms with van der Waals surface area (Å²) in [5, 5.41) is 0. The molecule has 0 aliphatic carbocycles. The lowest BCUT2D eigenvalue weighted by Crippen LogP contribution is -2.32. The molecule has 0 atom stereocenters. The normalized spacial score (nSPS) is 11.2. The van der Waals surface area contributed by atoms with Crippen LogP contribution in [0.4, 0.5) is 0 Å². The van der Waals surface area contributed by atoms with Crippen molar-refractivity contribution in [2.45, 2.75) is 39.3 Å². The topological polar surface area (TPSA) is 51.7 Å². The SMILES string of the molecule is CC(C)(C)OCCOc1ccc(C(=O)N(CCc2ccccc2)Cc2ccccc2)cn1. The fourth-order valence-corrected chi connectivity index (χ4v) is 3.23. The Morgan fingerprint density at radius 1 is 0.875 bits per heavy atom. The Morgan fingerprint density at radius 3 is 2.12 bits per heavy atom. The number of amides is 1. The van der Waals surface area contributed by atoms with Gasteiger partial charge >= 0.3 is 0 Å². The third-order valence-corrected chi connectivity index (χ3v) is 4.87. The summed E-state index contributed by atoms with van der Waals surface area (Å²) < 4.78 is 11.3. The van der Waals surface area contributed by atoms with Gasteiger partial charge in [-0.25, -0.2) is 4.98 Å². The van der Waals surface area contributed by atoms with Gasteiger partial charge in [-0.1, -0.05) is 60.7 Å². The van der Waals surface area contributed by atoms with Crippen molar-refractivity contribution < 1.29 is 14.3 Å². The van der Waals surface area contributed by atoms with Gasteiger partial charge < -0.3 is 14.4 Å². The van der Waals surface area contributed by atoms with Crippen molar-refractivity contribution >= 4 is 5.91 Å². The lowest BCUT2D eigenvalue weighted by molar-refractivity contribution is -0.0168. The maximum atomic E-state index is 13.3. The average molecular weight is 433 g/mol. The predicted octanol–water partition coefficient (Wildman–Crippen LogP) is 5.16. The second-order valence-electron chi connectivity index (χ2n) is 8.64. The molecule has 1 amide bonds. The van der Waals surface area contributed by atoms with E-state index in [1.165, 1.54) is 5.56 Å². The number of hydrogen-bond donors (Lipinski definition) is 0. The minimum absolute atomic E-state index is 0.0418. The van der Waals surface area contributed by atoms with E-state index in [9.17, 15) is 4.79 Å². The molecule has 0 radical (unpaired) electrons. The fraction of sp³-hybridized carbons (Fsp3) is 0.333. The van der Waals surface area contributed by atoms with Gasteiger partial charge in [0.05, 0.1) is 17.8 Å². The highest BCUT2D eigenvalue weighted by molar-refractivity contribution is 5.94. The summed E-state index contributed by atoms with van der Waals surface area (Å²) in [4.78, 5) is 19.5. The van der Waals surface area contributed by atoms with E-state index in [-0.39, 0.29) is 11.5 Å². The van der Waals surface area contributed by atoms with Crippen molar-refractivity contribution in [3.8, 4) is 5.88 Å². The molecular formula is C27H32N2O3. The van der Waals surface area contributed by atoms with E-state index >= 15 is 0 Å². The molecule has 1 heterocycles. The summed E-state index contributed by atoms with van der Waals surface area (Å²) in [7, 11) is 0. The number of carbonyl (C=O) groups excluding carboxylic acids is 1. The van der Waals surface area contributed by atoms with Gasteiger partial charge in [-0.05, 0) is 44.4 Å². The monoisotopic (exact) mass is 432 g/mol. The van der Waals surface area contributed by atoms with E-state index in [1.54, 1.807) is 18.3 Å². The largest absolute Gasteiger partial charge is 0.475 e. The Labute approximate surface area is 191 Å². The van der Waals surface area contributed by atoms with Crippen LogP contribution >= 0.6 is 0 Å². The van der Waals surface area contributed by atoms with Crippen molar-refractivity contribution in [2.24, 2.45) is 0 Å². The van der Waals surface area contributed by atoms with Crippen LogP contribution in [0.3, 0.4) is 0 Å². The number of nitrogens with zero attached hydrogens (tertiary/aromatic N) is 2. The minimum Gasteiger partial charge on any atom is -0.475 e. The van der Waals surface area contributed by atoms with Crippen LogP contribution < -0.4 is 4.74 Å². The van der Waals surface area contributed by atoms with Gasteiger partial charge in [0.25, 0.3) is 5.91 Å². The maximum Gasteiger partial charge on any atom is 0.255 e. The molecule has 0 unspecified atom stereocenters. The highest BCUT2D eigenvalue weighted by Gasteiger charge is 2.17. The molecule has 1 aromatic heterocycles. The standard InChI is InChI=1S/C27H32N2O3/c1-27(2,3)32-19-18-31-25-15-14-24(20-28-25)26(30)29(21-23-12-8-5-9-13-23)17-16-22-10-6-4-7-11-22/h4-15,20H,16-19,21H2,1-3H3. The number of aromatic nitrogens is 1. The average Bonchev–Trinajstić information content (AvgIpc) is 2.80. The summed E-state index contributed by atoms with van der Waals surface area (Å²) in [5.74, 6) is 0.442. The smallest absolute Gasteiger partial charge is 0.255 e. The fourth-order valence-electron chi connectivity index (χ4n) is 3.23. The Hall–Kier alpha value is -3.18. The molecule has 3 aromatic rings. The van der Waals surface area contributed by atoms with Crippen molar-refractivity contribution in [1.82, 2.24) is 9.88 Å². The molecule has 0 N–H and O–H groups in total. The highest BCUT2D eigenvalue weighted by Crippen LogP contribution is 2.14. The number of ether oxygens (including phenoxy) is 2. The zero-order valence-corrected chi connectivity index (χ0v) is 19.2. The quantitative estimate of drug-likeness (QED) is 0.415. The Balaban J connectivity index is 1.63. The van der Waals surface area contributed by atoms with Gasteiger partial charge in [0, 0.05) is 25.4 Å². The molecule has 0 aliphatic heterocycles. The van der Waals surface area contributed by atoms with Crippen molar-refractivity contribution in [3.05, 3.63) is 95.7 Å². The third kappa shape index (κ3) is 7.82. The molecule has 32 heavy (non-hydrogen) atoms. The number of benzene rings is 2. The van der Waals surface area contributed by atoms with Crippen molar-refractivity contribution in [2.75, 3.05) is 19.8 Å². The Bertz CT molecular complexity index is 952. The van der Waals surface area contributed by atoms with Gasteiger partial charge in [0.15, 0.2) is 0 Å². The molecule has 0 fully saturated rings. The Kier molecular flexibility index (Phi) is 8.40. The molecule has 0 bridgehead atoms. The van der Waals surface area contributed by atoms with Crippen molar-refractivity contribution in [1.29, 1.82) is 0 Å². The zero-order valence-electron chi connectivity index (χ0n) is 19.2. The molecule has 168 valence electrons. The van der Waals surface area contributed by atoms with Gasteiger partial charge in [-0.15, -0.1) is 0 Å². The van der Waals surface area contributed by atoms with E-state index in [2.05, 4.69) is 17.1 Å². The molecule has 0 spiro atoms. The first kappa shape index (κ1) is 23.5. The summed E-state index contributed by atoms with van der Waals surface area (Å²) >= 11 is 0. The van der Waals surface area contributed by atoms with Crippen LogP contribution in [-0.2, 0) is 17.7 Å². The molecule has 5 nitrogen and oxygen atoms in total. The summed E-state index contributed by atoms with van der Waals surface area (Å²) in [5.41, 5.74) is 2.65. The van der Waals surface area contributed by atoms with Crippen LogP contribution in [0, 0.1) is 0 Å². The molecule has 3 rings (SSSR count). The first-order valence-electron chi connectivity index (χ1n) is 11.0. The van der Waals surface area contributed by atoms with Crippen LogP contribution in [0.15, 0.2) is 79.0 Å².